The molecule has 16 heavy (non-hydrogen) atoms. The van der Waals surface area contributed by atoms with E-state index in [1.165, 1.54) is 0 Å². The number of carbonyl (C=O) groups excluding carboxylic acids is 2. The predicted octanol–water partition coefficient (Wildman–Crippen LogP) is -0.598. The summed E-state index contributed by atoms with van der Waals surface area (Å²) < 4.78 is 0. The molecule has 2 amide bonds. The molecule has 0 aliphatic heterocycles. The van der Waals surface area contributed by atoms with Crippen molar-refractivity contribution in [3.63, 3.8) is 0 Å². The maximum absolute atomic E-state index is 11.4. The van der Waals surface area contributed by atoms with Gasteiger partial charge in [0.2, 0.25) is 11.8 Å². The topological polar surface area (TPSA) is 95.5 Å². The first-order valence-corrected chi connectivity index (χ1v) is 5.54. The average molecular weight is 248 g/mol. The Morgan fingerprint density at radius 1 is 1.38 bits per heavy atom. The van der Waals surface area contributed by atoms with Gasteiger partial charge in [-0.3, -0.25) is 14.4 Å². The van der Waals surface area contributed by atoms with Crippen molar-refractivity contribution in [2.45, 2.75) is 25.8 Å². The number of carboxylic acids is 1. The maximum atomic E-state index is 11.4. The number of hydrogen-bond donors (Lipinski definition) is 4. The van der Waals surface area contributed by atoms with Crippen LogP contribution in [0.3, 0.4) is 0 Å². The second kappa shape index (κ2) is 7.98. The van der Waals surface area contributed by atoms with E-state index in [9.17, 15) is 14.4 Å². The standard InChI is InChI=1S/C9H16N2O4S/c1-2-3-7(12)11-6(5-16)9(15)10-4-8(13)14/h6,16H,2-5H2,1H3,(H,10,15)(H,11,12)(H,13,14)/t6-/m0/s1. The van der Waals surface area contributed by atoms with Gasteiger partial charge in [-0.25, -0.2) is 0 Å². The Hall–Kier alpha value is -1.24. The highest BCUT2D eigenvalue weighted by Gasteiger charge is 2.18. The fourth-order valence-corrected chi connectivity index (χ4v) is 1.23. The van der Waals surface area contributed by atoms with Crippen molar-refractivity contribution in [3.05, 3.63) is 0 Å². The van der Waals surface area contributed by atoms with Crippen molar-refractivity contribution >= 4 is 30.4 Å². The van der Waals surface area contributed by atoms with Crippen molar-refractivity contribution in [3.8, 4) is 0 Å². The molecule has 6 nitrogen and oxygen atoms in total. The first-order valence-electron chi connectivity index (χ1n) is 4.91. The van der Waals surface area contributed by atoms with Crippen LogP contribution < -0.4 is 10.6 Å². The van der Waals surface area contributed by atoms with Crippen LogP contribution in [0, 0.1) is 0 Å². The van der Waals surface area contributed by atoms with E-state index >= 15 is 0 Å². The molecule has 0 rings (SSSR count). The third-order valence-corrected chi connectivity index (χ3v) is 2.09. The third kappa shape index (κ3) is 6.28. The van der Waals surface area contributed by atoms with Gasteiger partial charge in [-0.05, 0) is 6.42 Å². The lowest BCUT2D eigenvalue weighted by atomic mass is 10.2. The van der Waals surface area contributed by atoms with Gasteiger partial charge < -0.3 is 15.7 Å². The quantitative estimate of drug-likeness (QED) is 0.452. The zero-order valence-corrected chi connectivity index (χ0v) is 9.92. The zero-order chi connectivity index (χ0) is 12.6. The number of thiol groups is 1. The first kappa shape index (κ1) is 14.8. The lowest BCUT2D eigenvalue weighted by Crippen LogP contribution is -2.48. The molecule has 0 aliphatic carbocycles. The van der Waals surface area contributed by atoms with E-state index in [0.717, 1.165) is 0 Å². The van der Waals surface area contributed by atoms with E-state index in [2.05, 4.69) is 23.3 Å². The molecule has 1 atom stereocenters. The highest BCUT2D eigenvalue weighted by Crippen LogP contribution is 1.92. The van der Waals surface area contributed by atoms with Gasteiger partial charge in [0.1, 0.15) is 12.6 Å². The van der Waals surface area contributed by atoms with Gasteiger partial charge in [-0.1, -0.05) is 6.92 Å². The molecular formula is C9H16N2O4S. The van der Waals surface area contributed by atoms with Crippen LogP contribution in [0.4, 0.5) is 0 Å². The van der Waals surface area contributed by atoms with Gasteiger partial charge in [-0.2, -0.15) is 12.6 Å². The van der Waals surface area contributed by atoms with E-state index in [0.29, 0.717) is 12.8 Å². The van der Waals surface area contributed by atoms with Crippen LogP contribution >= 0.6 is 12.6 Å². The van der Waals surface area contributed by atoms with Crippen LogP contribution in [-0.2, 0) is 14.4 Å². The normalized spacial score (nSPS) is 11.6. The largest absolute Gasteiger partial charge is 0.480 e. The summed E-state index contributed by atoms with van der Waals surface area (Å²) in [6.07, 6.45) is 1.01. The third-order valence-electron chi connectivity index (χ3n) is 1.73. The summed E-state index contributed by atoms with van der Waals surface area (Å²) in [4.78, 5) is 32.8. The van der Waals surface area contributed by atoms with Crippen molar-refractivity contribution in [2.75, 3.05) is 12.3 Å². The average Bonchev–Trinajstić information content (AvgIpc) is 2.22. The second-order valence-corrected chi connectivity index (χ2v) is 3.53. The predicted molar refractivity (Wildman–Crippen MR) is 61.3 cm³/mol. The first-order chi connectivity index (χ1) is 7.51. The minimum atomic E-state index is -1.13. The van der Waals surface area contributed by atoms with Gasteiger partial charge in [0.15, 0.2) is 0 Å². The number of hydrogen-bond acceptors (Lipinski definition) is 4. The summed E-state index contributed by atoms with van der Waals surface area (Å²) in [6, 6.07) is -0.790. The van der Waals surface area contributed by atoms with E-state index in [-0.39, 0.29) is 11.7 Å². The number of nitrogens with one attached hydrogen (secondary N) is 2. The maximum Gasteiger partial charge on any atom is 0.322 e. The monoisotopic (exact) mass is 248 g/mol. The summed E-state index contributed by atoms with van der Waals surface area (Å²) >= 11 is 3.92. The fraction of sp³-hybridized carbons (Fsp3) is 0.667. The highest BCUT2D eigenvalue weighted by molar-refractivity contribution is 7.80. The molecule has 0 saturated carbocycles. The molecule has 0 aromatic rings. The molecule has 0 spiro atoms. The van der Waals surface area contributed by atoms with Crippen molar-refractivity contribution < 1.29 is 19.5 Å². The van der Waals surface area contributed by atoms with E-state index in [1.807, 2.05) is 6.92 Å². The number of carboxylic acid groups (broad SMARTS) is 1. The van der Waals surface area contributed by atoms with Crippen molar-refractivity contribution in [1.29, 1.82) is 0 Å². The molecule has 0 bridgehead atoms. The smallest absolute Gasteiger partial charge is 0.322 e. The Morgan fingerprint density at radius 3 is 2.44 bits per heavy atom. The van der Waals surface area contributed by atoms with Crippen LogP contribution in [0.5, 0.6) is 0 Å². The van der Waals surface area contributed by atoms with Crippen LogP contribution in [-0.4, -0.2) is 41.2 Å². The number of rotatable bonds is 7. The van der Waals surface area contributed by atoms with Crippen molar-refractivity contribution in [2.24, 2.45) is 0 Å². The summed E-state index contributed by atoms with van der Waals surface area (Å²) in [5, 5.41) is 13.0. The molecule has 3 N–H and O–H groups in total. The summed E-state index contributed by atoms with van der Waals surface area (Å²) in [6.45, 7) is 1.38. The van der Waals surface area contributed by atoms with Crippen LogP contribution in [0.25, 0.3) is 0 Å². The zero-order valence-electron chi connectivity index (χ0n) is 9.02. The van der Waals surface area contributed by atoms with Crippen LogP contribution in [0.15, 0.2) is 0 Å². The molecular weight excluding hydrogens is 232 g/mol. The molecule has 0 unspecified atom stereocenters. The molecule has 0 aliphatic rings. The lowest BCUT2D eigenvalue weighted by molar-refractivity contribution is -0.138. The van der Waals surface area contributed by atoms with Crippen LogP contribution in [0.2, 0.25) is 0 Å². The Labute approximate surface area is 99.2 Å². The van der Waals surface area contributed by atoms with Gasteiger partial charge in [-0.15, -0.1) is 0 Å². The number of amides is 2. The summed E-state index contributed by atoms with van der Waals surface area (Å²) in [5.74, 6) is -1.79. The fourth-order valence-electron chi connectivity index (χ4n) is 0.974. The number of carbonyl (C=O) groups is 3. The van der Waals surface area contributed by atoms with E-state index < -0.39 is 24.5 Å². The van der Waals surface area contributed by atoms with Gasteiger partial charge in [0.25, 0.3) is 0 Å². The van der Waals surface area contributed by atoms with Gasteiger partial charge >= 0.3 is 5.97 Å². The van der Waals surface area contributed by atoms with E-state index in [1.54, 1.807) is 0 Å². The minimum Gasteiger partial charge on any atom is -0.480 e. The Bertz CT molecular complexity index is 270. The van der Waals surface area contributed by atoms with E-state index in [4.69, 9.17) is 5.11 Å². The molecule has 0 fully saturated rings. The van der Waals surface area contributed by atoms with Crippen molar-refractivity contribution in [1.82, 2.24) is 10.6 Å². The highest BCUT2D eigenvalue weighted by atomic mass is 32.1. The number of aliphatic carboxylic acids is 1. The lowest BCUT2D eigenvalue weighted by Gasteiger charge is -2.15. The molecule has 0 saturated heterocycles. The molecule has 7 heteroatoms. The molecule has 0 heterocycles. The Morgan fingerprint density at radius 2 is 2.00 bits per heavy atom. The minimum absolute atomic E-state index is 0.126. The SMILES string of the molecule is CCCC(=O)N[C@@H](CS)C(=O)NCC(=O)O. The van der Waals surface area contributed by atoms with Gasteiger partial charge in [0, 0.05) is 12.2 Å². The summed E-state index contributed by atoms with van der Waals surface area (Å²) in [5.41, 5.74) is 0. The summed E-state index contributed by atoms with van der Waals surface area (Å²) in [7, 11) is 0. The second-order valence-electron chi connectivity index (χ2n) is 3.16. The molecule has 0 aromatic carbocycles. The Balaban J connectivity index is 4.11. The van der Waals surface area contributed by atoms with Gasteiger partial charge in [0.05, 0.1) is 0 Å². The molecule has 0 aromatic heterocycles. The van der Waals surface area contributed by atoms with Crippen LogP contribution in [0.1, 0.15) is 19.8 Å². The molecule has 92 valence electrons. The Kier molecular flexibility index (Phi) is 7.36. The molecule has 0 radical (unpaired) electrons.